The second-order valence-corrected chi connectivity index (χ2v) is 4.38. The van der Waals surface area contributed by atoms with E-state index in [-0.39, 0.29) is 0 Å². The van der Waals surface area contributed by atoms with Crippen LogP contribution >= 0.6 is 0 Å². The fraction of sp³-hybridized carbons (Fsp3) is 0.900. The monoisotopic (exact) mass is 182 g/mol. The van der Waals surface area contributed by atoms with E-state index in [1.54, 1.807) is 0 Å². The van der Waals surface area contributed by atoms with E-state index in [4.69, 9.17) is 0 Å². The molecule has 1 aliphatic heterocycles. The Morgan fingerprint density at radius 3 is 2.46 bits per heavy atom. The van der Waals surface area contributed by atoms with Crippen LogP contribution in [0.1, 0.15) is 26.7 Å². The highest BCUT2D eigenvalue weighted by atomic mass is 16.2. The molecule has 0 unspecified atom stereocenters. The van der Waals surface area contributed by atoms with E-state index >= 15 is 0 Å². The summed E-state index contributed by atoms with van der Waals surface area (Å²) in [5, 5.41) is 0. The van der Waals surface area contributed by atoms with Crippen LogP contribution in [0.2, 0.25) is 0 Å². The third kappa shape index (κ3) is 1.85. The summed E-state index contributed by atoms with van der Waals surface area (Å²) >= 11 is 0. The molecule has 0 bridgehead atoms. The molecule has 1 heterocycles. The van der Waals surface area contributed by atoms with Crippen molar-refractivity contribution in [3.63, 3.8) is 0 Å². The topological polar surface area (TPSA) is 23.6 Å². The molecule has 3 nitrogen and oxygen atoms in total. The number of hydrogen-bond acceptors (Lipinski definition) is 2. The third-order valence-corrected chi connectivity index (χ3v) is 2.97. The number of amides is 1. The molecule has 0 aromatic heterocycles. The fourth-order valence-electron chi connectivity index (χ4n) is 2.00. The number of rotatable bonds is 2. The Hall–Kier alpha value is -0.570. The van der Waals surface area contributed by atoms with Crippen LogP contribution < -0.4 is 0 Å². The first kappa shape index (κ1) is 9.00. The van der Waals surface area contributed by atoms with Gasteiger partial charge in [0.05, 0.1) is 6.54 Å². The minimum atomic E-state index is 0.313. The van der Waals surface area contributed by atoms with Crippen LogP contribution in [0.5, 0.6) is 0 Å². The molecule has 2 rings (SSSR count). The Bertz CT molecular complexity index is 211. The van der Waals surface area contributed by atoms with Gasteiger partial charge in [0.1, 0.15) is 0 Å². The molecule has 1 saturated carbocycles. The average molecular weight is 182 g/mol. The maximum Gasteiger partial charge on any atom is 0.237 e. The van der Waals surface area contributed by atoms with Gasteiger partial charge in [-0.25, -0.2) is 0 Å². The lowest BCUT2D eigenvalue weighted by Gasteiger charge is -2.36. The van der Waals surface area contributed by atoms with E-state index < -0.39 is 0 Å². The molecule has 74 valence electrons. The van der Waals surface area contributed by atoms with Crippen LogP contribution in [0, 0.1) is 0 Å². The zero-order chi connectivity index (χ0) is 9.42. The standard InChI is InChI=1S/C10H18N2O/c1-8(2)12-6-5-11(7-10(12)13)9-3-4-9/h8-9H,3-7H2,1-2H3. The smallest absolute Gasteiger partial charge is 0.237 e. The SMILES string of the molecule is CC(C)N1CCN(C2CC2)CC1=O. The largest absolute Gasteiger partial charge is 0.338 e. The molecule has 1 saturated heterocycles. The summed E-state index contributed by atoms with van der Waals surface area (Å²) in [5.41, 5.74) is 0. The molecule has 3 heteroatoms. The number of carbonyl (C=O) groups excluding carboxylic acids is 1. The highest BCUT2D eigenvalue weighted by molar-refractivity contribution is 5.79. The van der Waals surface area contributed by atoms with E-state index in [0.717, 1.165) is 19.1 Å². The van der Waals surface area contributed by atoms with Gasteiger partial charge in [-0.2, -0.15) is 0 Å². The number of hydrogen-bond donors (Lipinski definition) is 0. The van der Waals surface area contributed by atoms with Crippen LogP contribution in [0.25, 0.3) is 0 Å². The summed E-state index contributed by atoms with van der Waals surface area (Å²) in [5.74, 6) is 0.313. The van der Waals surface area contributed by atoms with Gasteiger partial charge in [-0.3, -0.25) is 9.69 Å². The lowest BCUT2D eigenvalue weighted by Crippen LogP contribution is -2.53. The van der Waals surface area contributed by atoms with Crippen LogP contribution in [-0.2, 0) is 4.79 Å². The van der Waals surface area contributed by atoms with Gasteiger partial charge in [0.25, 0.3) is 0 Å². The molecule has 0 atom stereocenters. The van der Waals surface area contributed by atoms with E-state index in [1.807, 2.05) is 4.90 Å². The quantitative estimate of drug-likeness (QED) is 0.627. The maximum atomic E-state index is 11.7. The van der Waals surface area contributed by atoms with Crippen molar-refractivity contribution < 1.29 is 4.79 Å². The van der Waals surface area contributed by atoms with Gasteiger partial charge in [0, 0.05) is 25.2 Å². The molecule has 0 radical (unpaired) electrons. The molecule has 13 heavy (non-hydrogen) atoms. The van der Waals surface area contributed by atoms with E-state index in [9.17, 15) is 4.79 Å². The molecule has 0 spiro atoms. The van der Waals surface area contributed by atoms with Crippen molar-refractivity contribution in [1.82, 2.24) is 9.80 Å². The van der Waals surface area contributed by atoms with Crippen LogP contribution in [-0.4, -0.2) is 47.4 Å². The van der Waals surface area contributed by atoms with Gasteiger partial charge in [0.2, 0.25) is 5.91 Å². The van der Waals surface area contributed by atoms with Crippen molar-refractivity contribution in [3.05, 3.63) is 0 Å². The predicted molar refractivity (Wildman–Crippen MR) is 51.4 cm³/mol. The number of nitrogens with zero attached hydrogens (tertiary/aromatic N) is 2. The van der Waals surface area contributed by atoms with Crippen molar-refractivity contribution in [1.29, 1.82) is 0 Å². The summed E-state index contributed by atoms with van der Waals surface area (Å²) in [6.07, 6.45) is 2.60. The maximum absolute atomic E-state index is 11.7. The second-order valence-electron chi connectivity index (χ2n) is 4.38. The van der Waals surface area contributed by atoms with E-state index in [0.29, 0.717) is 18.5 Å². The number of carbonyl (C=O) groups is 1. The Morgan fingerprint density at radius 1 is 1.31 bits per heavy atom. The minimum absolute atomic E-state index is 0.313. The predicted octanol–water partition coefficient (Wildman–Crippen LogP) is 0.701. The van der Waals surface area contributed by atoms with Crippen molar-refractivity contribution in [3.8, 4) is 0 Å². The first-order valence-corrected chi connectivity index (χ1v) is 5.22. The number of piperazine rings is 1. The van der Waals surface area contributed by atoms with Gasteiger partial charge >= 0.3 is 0 Å². The van der Waals surface area contributed by atoms with E-state index in [2.05, 4.69) is 18.7 Å². The first-order valence-electron chi connectivity index (χ1n) is 5.22. The van der Waals surface area contributed by atoms with Crippen LogP contribution in [0.3, 0.4) is 0 Å². The van der Waals surface area contributed by atoms with Crippen molar-refractivity contribution in [2.75, 3.05) is 19.6 Å². The summed E-state index contributed by atoms with van der Waals surface area (Å²) in [7, 11) is 0. The van der Waals surface area contributed by atoms with Gasteiger partial charge in [-0.15, -0.1) is 0 Å². The van der Waals surface area contributed by atoms with Gasteiger partial charge in [-0.05, 0) is 26.7 Å². The first-order chi connectivity index (χ1) is 6.18. The molecule has 2 aliphatic rings. The summed E-state index contributed by atoms with van der Waals surface area (Å²) in [6.45, 7) is 6.83. The summed E-state index contributed by atoms with van der Waals surface area (Å²) < 4.78 is 0. The third-order valence-electron chi connectivity index (χ3n) is 2.97. The van der Waals surface area contributed by atoms with E-state index in [1.165, 1.54) is 12.8 Å². The van der Waals surface area contributed by atoms with Crippen LogP contribution in [0.4, 0.5) is 0 Å². The second kappa shape index (κ2) is 3.29. The molecule has 0 N–H and O–H groups in total. The van der Waals surface area contributed by atoms with Gasteiger partial charge in [-0.1, -0.05) is 0 Å². The Kier molecular flexibility index (Phi) is 2.28. The lowest BCUT2D eigenvalue weighted by molar-refractivity contribution is -0.138. The van der Waals surface area contributed by atoms with Crippen molar-refractivity contribution in [2.45, 2.75) is 38.8 Å². The Morgan fingerprint density at radius 2 is 2.00 bits per heavy atom. The zero-order valence-electron chi connectivity index (χ0n) is 8.49. The molecule has 1 aliphatic carbocycles. The lowest BCUT2D eigenvalue weighted by atomic mass is 10.2. The van der Waals surface area contributed by atoms with Gasteiger partial charge in [0.15, 0.2) is 0 Å². The molecule has 0 aromatic carbocycles. The summed E-state index contributed by atoms with van der Waals surface area (Å²) in [4.78, 5) is 16.0. The average Bonchev–Trinajstić information content (AvgIpc) is 2.85. The van der Waals surface area contributed by atoms with Gasteiger partial charge < -0.3 is 4.90 Å². The van der Waals surface area contributed by atoms with Crippen LogP contribution in [0.15, 0.2) is 0 Å². The summed E-state index contributed by atoms with van der Waals surface area (Å²) in [6, 6.07) is 1.10. The molecular weight excluding hydrogens is 164 g/mol. The highest BCUT2D eigenvalue weighted by Gasteiger charge is 2.34. The molecular formula is C10H18N2O. The van der Waals surface area contributed by atoms with Crippen molar-refractivity contribution in [2.24, 2.45) is 0 Å². The molecule has 1 amide bonds. The molecule has 2 fully saturated rings. The zero-order valence-corrected chi connectivity index (χ0v) is 8.49. The highest BCUT2D eigenvalue weighted by Crippen LogP contribution is 2.27. The Labute approximate surface area is 79.7 Å². The molecule has 0 aromatic rings. The minimum Gasteiger partial charge on any atom is -0.338 e. The fourth-order valence-corrected chi connectivity index (χ4v) is 2.00. The normalized spacial score (nSPS) is 25.8. The Balaban J connectivity index is 1.91. The van der Waals surface area contributed by atoms with Crippen molar-refractivity contribution >= 4 is 5.91 Å².